The number of esters is 4. The number of ether oxygens (including phenoxy) is 4. The Morgan fingerprint density at radius 2 is 0.549 bits per heavy atom. The van der Waals surface area contributed by atoms with E-state index in [1.807, 2.05) is 0 Å². The van der Waals surface area contributed by atoms with Crippen molar-refractivity contribution < 1.29 is 80.2 Å². The number of unbranched alkanes of at least 4 members (excludes halogenated alkanes) is 49. The van der Waals surface area contributed by atoms with Gasteiger partial charge in [0.1, 0.15) is 19.3 Å². The molecule has 0 spiro atoms. The summed E-state index contributed by atoms with van der Waals surface area (Å²) in [6, 6.07) is 0. The van der Waals surface area contributed by atoms with Crippen LogP contribution in [0.5, 0.6) is 0 Å². The Balaban J connectivity index is 5.25. The van der Waals surface area contributed by atoms with E-state index in [-0.39, 0.29) is 25.7 Å². The molecular formula is C83H158O17P2. The number of aliphatic hydroxyl groups is 1. The second-order valence-corrected chi connectivity index (χ2v) is 32.3. The standard InChI is InChI=1S/C83H158O17P2/c1-6-10-13-16-19-22-25-27-33-38-42-47-52-57-62-67-81(86)94-73-79(100-83(88)69-64-59-54-49-44-39-35-32-30-29-31-34-36-41-45-50-55-60-65-76(5)9-4)75-98-102(91,92)96-71-77(84)70-95-101(89,90)97-74-78(72-93-80(85)66-61-56-51-46-40-24-21-18-15-12-8-3)99-82(87)68-63-58-53-48-43-37-28-26-23-20-17-14-11-7-2/h22,25,27,33,76-79,84H,6-21,23-24,26,28-32,34-75H2,1-5H3,(H,89,90)(H,91,92)/b25-22-,33-27-/t76?,77-,78+,79+/m0/s1. The van der Waals surface area contributed by atoms with Crippen molar-refractivity contribution in [1.29, 1.82) is 0 Å². The monoisotopic (exact) mass is 1490 g/mol. The SMILES string of the molecule is CCCCCC/C=C\C=C/CCCCCCCC(=O)OC[C@H](COP(=O)(O)OC[C@@H](O)COP(=O)(O)OC[C@@H](COC(=O)CCCCCCCCCCCCC)OC(=O)CCCCCCCCCCCCCCCC)OC(=O)CCCCCCCCCCCCCCCCCCCCC(C)CC. The highest BCUT2D eigenvalue weighted by atomic mass is 31.2. The minimum Gasteiger partial charge on any atom is -0.462 e. The molecule has 0 heterocycles. The van der Waals surface area contributed by atoms with E-state index in [0.29, 0.717) is 25.7 Å². The van der Waals surface area contributed by atoms with E-state index in [0.717, 1.165) is 115 Å². The molecule has 0 aliphatic carbocycles. The Kier molecular flexibility index (Phi) is 73.5. The van der Waals surface area contributed by atoms with Crippen LogP contribution in [-0.4, -0.2) is 96.7 Å². The molecular weight excluding hydrogens is 1330 g/mol. The maximum Gasteiger partial charge on any atom is 0.472 e. The van der Waals surface area contributed by atoms with E-state index in [2.05, 4.69) is 58.9 Å². The number of aliphatic hydroxyl groups excluding tert-OH is 1. The number of hydrogen-bond acceptors (Lipinski definition) is 15. The van der Waals surface area contributed by atoms with Gasteiger partial charge in [0.15, 0.2) is 12.2 Å². The van der Waals surface area contributed by atoms with Gasteiger partial charge in [-0.2, -0.15) is 0 Å². The fraction of sp³-hybridized carbons (Fsp3) is 0.904. The van der Waals surface area contributed by atoms with Crippen LogP contribution in [0.3, 0.4) is 0 Å². The van der Waals surface area contributed by atoms with Crippen LogP contribution in [0.4, 0.5) is 0 Å². The maximum absolute atomic E-state index is 13.1. The summed E-state index contributed by atoms with van der Waals surface area (Å²) in [6.45, 7) is 7.34. The molecule has 602 valence electrons. The van der Waals surface area contributed by atoms with Crippen LogP contribution in [0.25, 0.3) is 0 Å². The van der Waals surface area contributed by atoms with Crippen LogP contribution >= 0.6 is 15.6 Å². The van der Waals surface area contributed by atoms with Crippen LogP contribution in [0.1, 0.15) is 420 Å². The number of hydrogen-bond donors (Lipinski definition) is 3. The molecule has 0 radical (unpaired) electrons. The van der Waals surface area contributed by atoms with Crippen LogP contribution in [0, 0.1) is 5.92 Å². The Labute approximate surface area is 624 Å². The Morgan fingerprint density at radius 3 is 0.833 bits per heavy atom. The first-order chi connectivity index (χ1) is 49.6. The number of phosphoric acid groups is 2. The second kappa shape index (κ2) is 75.4. The molecule has 0 aromatic rings. The molecule has 0 aliphatic rings. The van der Waals surface area contributed by atoms with Crippen molar-refractivity contribution in [3.63, 3.8) is 0 Å². The molecule has 3 N–H and O–H groups in total. The number of allylic oxidation sites excluding steroid dienone is 4. The van der Waals surface area contributed by atoms with Crippen LogP contribution in [0.2, 0.25) is 0 Å². The Hall–Kier alpha value is -2.46. The number of carbonyl (C=O) groups excluding carboxylic acids is 4. The quantitative estimate of drug-likeness (QED) is 0.0169. The third-order valence-electron chi connectivity index (χ3n) is 19.3. The predicted molar refractivity (Wildman–Crippen MR) is 418 cm³/mol. The van der Waals surface area contributed by atoms with Crippen molar-refractivity contribution >= 4 is 39.5 Å². The molecule has 102 heavy (non-hydrogen) atoms. The van der Waals surface area contributed by atoms with E-state index in [1.165, 1.54) is 225 Å². The van der Waals surface area contributed by atoms with Gasteiger partial charge in [0.05, 0.1) is 26.4 Å². The molecule has 0 aromatic carbocycles. The molecule has 6 atom stereocenters. The van der Waals surface area contributed by atoms with Gasteiger partial charge in [-0.25, -0.2) is 9.13 Å². The lowest BCUT2D eigenvalue weighted by Gasteiger charge is -2.21. The first-order valence-corrected chi connectivity index (χ1v) is 45.5. The predicted octanol–water partition coefficient (Wildman–Crippen LogP) is 24.8. The molecule has 0 amide bonds. The molecule has 0 aromatic heterocycles. The zero-order chi connectivity index (χ0) is 74.8. The van der Waals surface area contributed by atoms with E-state index >= 15 is 0 Å². The summed E-state index contributed by atoms with van der Waals surface area (Å²) in [7, 11) is -9.93. The van der Waals surface area contributed by atoms with Crippen molar-refractivity contribution in [2.24, 2.45) is 5.92 Å². The average Bonchev–Trinajstić information content (AvgIpc) is 0.966. The average molecular weight is 1490 g/mol. The van der Waals surface area contributed by atoms with Crippen molar-refractivity contribution in [3.8, 4) is 0 Å². The second-order valence-electron chi connectivity index (χ2n) is 29.4. The maximum atomic E-state index is 13.1. The zero-order valence-electron chi connectivity index (χ0n) is 66.2. The third-order valence-corrected chi connectivity index (χ3v) is 21.2. The first-order valence-electron chi connectivity index (χ1n) is 42.5. The summed E-state index contributed by atoms with van der Waals surface area (Å²) >= 11 is 0. The van der Waals surface area contributed by atoms with Crippen molar-refractivity contribution in [2.45, 2.75) is 438 Å². The Bertz CT molecular complexity index is 2040. The molecule has 0 bridgehead atoms. The minimum atomic E-state index is -4.97. The van der Waals surface area contributed by atoms with Gasteiger partial charge in [-0.1, -0.05) is 367 Å². The zero-order valence-corrected chi connectivity index (χ0v) is 68.0. The van der Waals surface area contributed by atoms with E-state index < -0.39 is 97.5 Å². The largest absolute Gasteiger partial charge is 0.472 e. The molecule has 0 fully saturated rings. The lowest BCUT2D eigenvalue weighted by atomic mass is 9.99. The van der Waals surface area contributed by atoms with Gasteiger partial charge in [-0.15, -0.1) is 0 Å². The third kappa shape index (κ3) is 74.4. The van der Waals surface area contributed by atoms with Crippen LogP contribution in [-0.2, 0) is 65.4 Å². The van der Waals surface area contributed by atoms with Crippen LogP contribution in [0.15, 0.2) is 24.3 Å². The molecule has 0 aliphatic heterocycles. The highest BCUT2D eigenvalue weighted by Gasteiger charge is 2.30. The summed E-state index contributed by atoms with van der Waals surface area (Å²) in [4.78, 5) is 73.0. The molecule has 0 rings (SSSR count). The van der Waals surface area contributed by atoms with Gasteiger partial charge in [0.2, 0.25) is 0 Å². The fourth-order valence-electron chi connectivity index (χ4n) is 12.4. The van der Waals surface area contributed by atoms with Gasteiger partial charge in [0, 0.05) is 25.7 Å². The highest BCUT2D eigenvalue weighted by Crippen LogP contribution is 2.45. The first kappa shape index (κ1) is 99.5. The molecule has 0 saturated carbocycles. The summed E-state index contributed by atoms with van der Waals surface area (Å²) in [6.07, 6.45) is 70.1. The topological polar surface area (TPSA) is 237 Å². The summed E-state index contributed by atoms with van der Waals surface area (Å²) < 4.78 is 68.7. The number of rotatable bonds is 81. The number of carbonyl (C=O) groups is 4. The van der Waals surface area contributed by atoms with E-state index in [9.17, 15) is 43.2 Å². The van der Waals surface area contributed by atoms with Crippen molar-refractivity contribution in [3.05, 3.63) is 24.3 Å². The molecule has 3 unspecified atom stereocenters. The summed E-state index contributed by atoms with van der Waals surface area (Å²) in [5, 5.41) is 10.6. The summed E-state index contributed by atoms with van der Waals surface area (Å²) in [5.41, 5.74) is 0. The van der Waals surface area contributed by atoms with Crippen molar-refractivity contribution in [2.75, 3.05) is 39.6 Å². The Morgan fingerprint density at radius 1 is 0.314 bits per heavy atom. The minimum absolute atomic E-state index is 0.102. The lowest BCUT2D eigenvalue weighted by Crippen LogP contribution is -2.30. The molecule has 0 saturated heterocycles. The van der Waals surface area contributed by atoms with E-state index in [1.54, 1.807) is 0 Å². The van der Waals surface area contributed by atoms with Crippen LogP contribution < -0.4 is 0 Å². The summed E-state index contributed by atoms with van der Waals surface area (Å²) in [5.74, 6) is -1.26. The van der Waals surface area contributed by atoms with Gasteiger partial charge >= 0.3 is 39.5 Å². The fourth-order valence-corrected chi connectivity index (χ4v) is 13.9. The normalized spacial score (nSPS) is 14.2. The van der Waals surface area contributed by atoms with Gasteiger partial charge < -0.3 is 33.8 Å². The van der Waals surface area contributed by atoms with Gasteiger partial charge in [-0.05, 0) is 57.3 Å². The molecule has 19 heteroatoms. The van der Waals surface area contributed by atoms with E-state index in [4.69, 9.17) is 37.0 Å². The lowest BCUT2D eigenvalue weighted by molar-refractivity contribution is -0.161. The smallest absolute Gasteiger partial charge is 0.462 e. The number of phosphoric ester groups is 2. The van der Waals surface area contributed by atoms with Gasteiger partial charge in [-0.3, -0.25) is 37.3 Å². The molecule has 17 nitrogen and oxygen atoms in total. The van der Waals surface area contributed by atoms with Gasteiger partial charge in [0.25, 0.3) is 0 Å². The van der Waals surface area contributed by atoms with Crippen molar-refractivity contribution in [1.82, 2.24) is 0 Å². The highest BCUT2D eigenvalue weighted by molar-refractivity contribution is 7.47.